The van der Waals surface area contributed by atoms with E-state index in [9.17, 15) is 12.8 Å². The molecule has 0 atom stereocenters. The fourth-order valence-electron chi connectivity index (χ4n) is 1.38. The summed E-state index contributed by atoms with van der Waals surface area (Å²) in [7, 11) is -2.06. The molecule has 18 heavy (non-hydrogen) atoms. The first-order valence-electron chi connectivity index (χ1n) is 5.46. The largest absolute Gasteiger partial charge is 0.385 e. The van der Waals surface area contributed by atoms with E-state index in [1.54, 1.807) is 6.07 Å². The molecule has 0 radical (unpaired) electrons. The average molecular weight is 276 g/mol. The van der Waals surface area contributed by atoms with E-state index in [1.165, 1.54) is 19.2 Å². The number of nitrogens with one attached hydrogen (secondary N) is 1. The van der Waals surface area contributed by atoms with E-state index in [-0.39, 0.29) is 18.0 Å². The zero-order chi connectivity index (χ0) is 13.6. The van der Waals surface area contributed by atoms with Crippen molar-refractivity contribution in [2.24, 2.45) is 5.73 Å². The lowest BCUT2D eigenvalue weighted by Gasteiger charge is -2.09. The van der Waals surface area contributed by atoms with Gasteiger partial charge >= 0.3 is 0 Å². The van der Waals surface area contributed by atoms with Crippen LogP contribution in [-0.2, 0) is 21.3 Å². The summed E-state index contributed by atoms with van der Waals surface area (Å²) in [5.41, 5.74) is 5.90. The quantitative estimate of drug-likeness (QED) is 0.730. The summed E-state index contributed by atoms with van der Waals surface area (Å²) < 4.78 is 43.8. The van der Waals surface area contributed by atoms with E-state index in [2.05, 4.69) is 4.72 Å². The Labute approximate surface area is 106 Å². The Balaban J connectivity index is 2.72. The molecule has 1 rings (SSSR count). The number of halogens is 1. The molecule has 3 N–H and O–H groups in total. The van der Waals surface area contributed by atoms with Gasteiger partial charge in [0.15, 0.2) is 0 Å². The van der Waals surface area contributed by atoms with Crippen LogP contribution in [0.3, 0.4) is 0 Å². The molecule has 0 spiro atoms. The van der Waals surface area contributed by atoms with E-state index in [1.807, 2.05) is 0 Å². The normalized spacial score (nSPS) is 11.5. The van der Waals surface area contributed by atoms with E-state index >= 15 is 0 Å². The number of hydrogen-bond donors (Lipinski definition) is 2. The van der Waals surface area contributed by atoms with Gasteiger partial charge in [0.1, 0.15) is 5.82 Å². The molecule has 0 unspecified atom stereocenters. The molecule has 0 heterocycles. The van der Waals surface area contributed by atoms with Gasteiger partial charge in [-0.1, -0.05) is 6.07 Å². The van der Waals surface area contributed by atoms with Crippen LogP contribution >= 0.6 is 0 Å². The van der Waals surface area contributed by atoms with E-state index < -0.39 is 15.8 Å². The second kappa shape index (κ2) is 6.67. The number of hydrogen-bond acceptors (Lipinski definition) is 4. The van der Waals surface area contributed by atoms with E-state index in [0.29, 0.717) is 18.6 Å². The maximum atomic E-state index is 13.5. The zero-order valence-corrected chi connectivity index (χ0v) is 11.0. The number of nitrogens with two attached hydrogens (primary N) is 1. The van der Waals surface area contributed by atoms with Gasteiger partial charge in [-0.05, 0) is 24.1 Å². The maximum absolute atomic E-state index is 13.5. The maximum Gasteiger partial charge on any atom is 0.232 e. The number of rotatable bonds is 7. The highest BCUT2D eigenvalue weighted by molar-refractivity contribution is 7.92. The summed E-state index contributed by atoms with van der Waals surface area (Å²) in [5.74, 6) is -0.743. The van der Waals surface area contributed by atoms with Crippen LogP contribution in [-0.4, -0.2) is 27.9 Å². The molecule has 7 heteroatoms. The van der Waals surface area contributed by atoms with E-state index in [0.717, 1.165) is 0 Å². The summed E-state index contributed by atoms with van der Waals surface area (Å²) >= 11 is 0. The molecule has 102 valence electrons. The molecule has 1 aromatic rings. The van der Waals surface area contributed by atoms with Crippen LogP contribution in [0.25, 0.3) is 0 Å². The second-order valence-corrected chi connectivity index (χ2v) is 5.63. The summed E-state index contributed by atoms with van der Waals surface area (Å²) in [6.07, 6.45) is 0.355. The Bertz CT molecular complexity index is 491. The van der Waals surface area contributed by atoms with Gasteiger partial charge in [-0.25, -0.2) is 12.8 Å². The lowest BCUT2D eigenvalue weighted by atomic mass is 10.2. The minimum Gasteiger partial charge on any atom is -0.385 e. The van der Waals surface area contributed by atoms with Gasteiger partial charge in [0.25, 0.3) is 0 Å². The molecule has 0 saturated heterocycles. The molecule has 0 aliphatic carbocycles. The monoisotopic (exact) mass is 276 g/mol. The van der Waals surface area contributed by atoms with Crippen LogP contribution < -0.4 is 10.5 Å². The molecule has 5 nitrogen and oxygen atoms in total. The SMILES string of the molecule is COCCCS(=O)(=O)Nc1ccc(CN)cc1F. The smallest absolute Gasteiger partial charge is 0.232 e. The number of benzene rings is 1. The summed E-state index contributed by atoms with van der Waals surface area (Å²) in [6.45, 7) is 0.549. The van der Waals surface area contributed by atoms with Crippen molar-refractivity contribution in [3.8, 4) is 0 Å². The van der Waals surface area contributed by atoms with Crippen LogP contribution in [0.1, 0.15) is 12.0 Å². The molecule has 0 amide bonds. The number of sulfonamides is 1. The van der Waals surface area contributed by atoms with Crippen molar-refractivity contribution in [3.63, 3.8) is 0 Å². The Morgan fingerprint density at radius 1 is 1.44 bits per heavy atom. The first-order valence-corrected chi connectivity index (χ1v) is 7.11. The number of methoxy groups -OCH3 is 1. The lowest BCUT2D eigenvalue weighted by molar-refractivity contribution is 0.199. The van der Waals surface area contributed by atoms with Crippen LogP contribution in [0, 0.1) is 5.82 Å². The van der Waals surface area contributed by atoms with Crippen molar-refractivity contribution >= 4 is 15.7 Å². The minimum absolute atomic E-state index is 0.0652. The van der Waals surface area contributed by atoms with Gasteiger partial charge in [0.05, 0.1) is 11.4 Å². The van der Waals surface area contributed by atoms with Gasteiger partial charge in [-0.3, -0.25) is 4.72 Å². The van der Waals surface area contributed by atoms with Crippen LogP contribution in [0.15, 0.2) is 18.2 Å². The van der Waals surface area contributed by atoms with Crippen molar-refractivity contribution in [1.29, 1.82) is 0 Å². The Morgan fingerprint density at radius 3 is 2.72 bits per heavy atom. The lowest BCUT2D eigenvalue weighted by Crippen LogP contribution is -2.18. The molecular weight excluding hydrogens is 259 g/mol. The number of ether oxygens (including phenoxy) is 1. The van der Waals surface area contributed by atoms with Gasteiger partial charge in [-0.2, -0.15) is 0 Å². The highest BCUT2D eigenvalue weighted by atomic mass is 32.2. The fraction of sp³-hybridized carbons (Fsp3) is 0.455. The summed E-state index contributed by atoms with van der Waals surface area (Å²) in [5, 5.41) is 0. The van der Waals surface area contributed by atoms with Crippen molar-refractivity contribution < 1.29 is 17.5 Å². The van der Waals surface area contributed by atoms with Gasteiger partial charge in [0.2, 0.25) is 10.0 Å². The molecule has 0 aromatic heterocycles. The minimum atomic E-state index is -3.55. The van der Waals surface area contributed by atoms with E-state index in [4.69, 9.17) is 10.5 Å². The molecule has 0 fully saturated rings. The second-order valence-electron chi connectivity index (χ2n) is 3.79. The van der Waals surface area contributed by atoms with Crippen LogP contribution in [0.4, 0.5) is 10.1 Å². The Hall–Kier alpha value is -1.18. The van der Waals surface area contributed by atoms with Gasteiger partial charge in [0, 0.05) is 20.3 Å². The predicted molar refractivity (Wildman–Crippen MR) is 68.2 cm³/mol. The molecule has 0 bridgehead atoms. The third-order valence-electron chi connectivity index (χ3n) is 2.30. The zero-order valence-electron chi connectivity index (χ0n) is 10.1. The van der Waals surface area contributed by atoms with Crippen LogP contribution in [0.5, 0.6) is 0 Å². The van der Waals surface area contributed by atoms with Crippen molar-refractivity contribution in [1.82, 2.24) is 0 Å². The predicted octanol–water partition coefficient (Wildman–Crippen LogP) is 1.06. The molecule has 0 aliphatic heterocycles. The van der Waals surface area contributed by atoms with Crippen molar-refractivity contribution in [2.45, 2.75) is 13.0 Å². The topological polar surface area (TPSA) is 81.4 Å². The molecular formula is C11H17FN2O3S. The standard InChI is InChI=1S/C11H17FN2O3S/c1-17-5-2-6-18(15,16)14-11-4-3-9(8-13)7-10(11)12/h3-4,7,14H,2,5-6,8,13H2,1H3. The molecule has 0 aliphatic rings. The summed E-state index contributed by atoms with van der Waals surface area (Å²) in [4.78, 5) is 0. The molecule has 0 saturated carbocycles. The highest BCUT2D eigenvalue weighted by Crippen LogP contribution is 2.17. The average Bonchev–Trinajstić information content (AvgIpc) is 2.31. The van der Waals surface area contributed by atoms with Crippen LogP contribution in [0.2, 0.25) is 0 Å². The number of anilines is 1. The van der Waals surface area contributed by atoms with Gasteiger partial charge in [-0.15, -0.1) is 0 Å². The first-order chi connectivity index (χ1) is 8.48. The first kappa shape index (κ1) is 14.9. The van der Waals surface area contributed by atoms with Crippen molar-refractivity contribution in [2.75, 3.05) is 24.2 Å². The highest BCUT2D eigenvalue weighted by Gasteiger charge is 2.13. The fourth-order valence-corrected chi connectivity index (χ4v) is 2.48. The Kier molecular flexibility index (Phi) is 5.52. The Morgan fingerprint density at radius 2 is 2.17 bits per heavy atom. The third-order valence-corrected chi connectivity index (χ3v) is 3.65. The molecule has 1 aromatic carbocycles. The van der Waals surface area contributed by atoms with Crippen molar-refractivity contribution in [3.05, 3.63) is 29.6 Å². The third kappa shape index (κ3) is 4.59. The summed E-state index contributed by atoms with van der Waals surface area (Å²) in [6, 6.07) is 4.16. The van der Waals surface area contributed by atoms with Gasteiger partial charge < -0.3 is 10.5 Å².